The van der Waals surface area contributed by atoms with Crippen LogP contribution in [0.3, 0.4) is 0 Å². The summed E-state index contributed by atoms with van der Waals surface area (Å²) in [6.45, 7) is 6.05. The first kappa shape index (κ1) is 14.5. The highest BCUT2D eigenvalue weighted by Gasteiger charge is 2.44. The Morgan fingerprint density at radius 3 is 2.60 bits per heavy atom. The molecule has 2 N–H and O–H groups in total. The largest absolute Gasteiger partial charge is 0.479 e. The molecule has 7 nitrogen and oxygen atoms in total. The molecule has 0 spiro atoms. The predicted octanol–water partition coefficient (Wildman–Crippen LogP) is 0.946. The topological polar surface area (TPSA) is 102 Å². The fraction of sp³-hybridized carbons (Fsp3) is 0.615. The molecule has 7 heteroatoms. The number of hydrogen-bond acceptors (Lipinski definition) is 5. The highest BCUT2D eigenvalue weighted by atomic mass is 16.5. The van der Waals surface area contributed by atoms with Gasteiger partial charge in [-0.2, -0.15) is 0 Å². The molecule has 110 valence electrons. The van der Waals surface area contributed by atoms with Crippen molar-refractivity contribution in [1.82, 2.24) is 10.5 Å². The van der Waals surface area contributed by atoms with Gasteiger partial charge < -0.3 is 19.7 Å². The number of ether oxygens (including phenoxy) is 1. The van der Waals surface area contributed by atoms with Gasteiger partial charge >= 0.3 is 5.97 Å². The fourth-order valence-electron chi connectivity index (χ4n) is 1.90. The summed E-state index contributed by atoms with van der Waals surface area (Å²) in [6.07, 6.45) is 0.234. The lowest BCUT2D eigenvalue weighted by Gasteiger charge is -2.22. The van der Waals surface area contributed by atoms with Crippen molar-refractivity contribution in [3.05, 3.63) is 17.5 Å². The fourth-order valence-corrected chi connectivity index (χ4v) is 1.90. The van der Waals surface area contributed by atoms with E-state index in [0.29, 0.717) is 12.4 Å². The smallest absolute Gasteiger partial charge is 0.331 e. The third-order valence-electron chi connectivity index (χ3n) is 3.27. The zero-order valence-electron chi connectivity index (χ0n) is 11.7. The lowest BCUT2D eigenvalue weighted by atomic mass is 9.93. The number of carbonyl (C=O) groups excluding carboxylic acids is 1. The van der Waals surface area contributed by atoms with Crippen LogP contribution in [0.5, 0.6) is 0 Å². The summed E-state index contributed by atoms with van der Waals surface area (Å²) in [4.78, 5) is 23.4. The molecule has 0 aromatic carbocycles. The van der Waals surface area contributed by atoms with Crippen LogP contribution in [0, 0.1) is 0 Å². The predicted molar refractivity (Wildman–Crippen MR) is 68.5 cm³/mol. The van der Waals surface area contributed by atoms with Gasteiger partial charge in [-0.3, -0.25) is 4.79 Å². The Hall–Kier alpha value is -1.89. The van der Waals surface area contributed by atoms with Crippen LogP contribution in [0.4, 0.5) is 0 Å². The van der Waals surface area contributed by atoms with Gasteiger partial charge in [0.15, 0.2) is 11.2 Å². The standard InChI is InChI=1S/C13H18N2O5/c1-12(2,3)9-6-8(15-20-9)10(16)14-13(11(17)18)4-5-19-7-13/h6H,4-5,7H2,1-3H3,(H,14,16)(H,17,18). The van der Waals surface area contributed by atoms with E-state index in [0.717, 1.165) is 0 Å². The molecule has 1 aromatic rings. The van der Waals surface area contributed by atoms with E-state index in [2.05, 4.69) is 10.5 Å². The second kappa shape index (κ2) is 4.90. The summed E-state index contributed by atoms with van der Waals surface area (Å²) < 4.78 is 10.2. The Kier molecular flexibility index (Phi) is 3.56. The van der Waals surface area contributed by atoms with Gasteiger partial charge in [0.2, 0.25) is 0 Å². The van der Waals surface area contributed by atoms with Crippen molar-refractivity contribution >= 4 is 11.9 Å². The maximum atomic E-state index is 12.1. The summed E-state index contributed by atoms with van der Waals surface area (Å²) >= 11 is 0. The van der Waals surface area contributed by atoms with Gasteiger partial charge in [-0.15, -0.1) is 0 Å². The molecule has 1 fully saturated rings. The van der Waals surface area contributed by atoms with Crippen molar-refractivity contribution in [1.29, 1.82) is 0 Å². The number of aliphatic carboxylic acids is 1. The van der Waals surface area contributed by atoms with Crippen LogP contribution in [-0.4, -0.2) is 40.9 Å². The first-order valence-electron chi connectivity index (χ1n) is 6.35. The second-order valence-electron chi connectivity index (χ2n) is 5.97. The molecule has 0 saturated carbocycles. The van der Waals surface area contributed by atoms with Crippen molar-refractivity contribution < 1.29 is 24.0 Å². The van der Waals surface area contributed by atoms with Crippen molar-refractivity contribution in [2.75, 3.05) is 13.2 Å². The van der Waals surface area contributed by atoms with Crippen LogP contribution in [0.15, 0.2) is 10.6 Å². The monoisotopic (exact) mass is 282 g/mol. The molecule has 0 aliphatic carbocycles. The third-order valence-corrected chi connectivity index (χ3v) is 3.27. The molecule has 2 heterocycles. The number of amides is 1. The van der Waals surface area contributed by atoms with Crippen molar-refractivity contribution in [3.63, 3.8) is 0 Å². The van der Waals surface area contributed by atoms with Gasteiger partial charge in [-0.25, -0.2) is 4.79 Å². The number of carboxylic acid groups (broad SMARTS) is 1. The molecule has 2 rings (SSSR count). The molecule has 1 unspecified atom stereocenters. The van der Waals surface area contributed by atoms with Crippen molar-refractivity contribution in [2.45, 2.75) is 38.1 Å². The molecule has 1 amide bonds. The van der Waals surface area contributed by atoms with E-state index in [9.17, 15) is 14.7 Å². The van der Waals surface area contributed by atoms with Crippen LogP contribution in [0.2, 0.25) is 0 Å². The Labute approximate surface area is 116 Å². The molecule has 1 aliphatic heterocycles. The first-order valence-corrected chi connectivity index (χ1v) is 6.35. The lowest BCUT2D eigenvalue weighted by Crippen LogP contribution is -2.55. The van der Waals surface area contributed by atoms with Crippen LogP contribution in [0.25, 0.3) is 0 Å². The maximum Gasteiger partial charge on any atom is 0.331 e. The molecule has 1 saturated heterocycles. The molecular formula is C13H18N2O5. The Bertz CT molecular complexity index is 523. The summed E-state index contributed by atoms with van der Waals surface area (Å²) in [5.41, 5.74) is -1.58. The van der Waals surface area contributed by atoms with Crippen LogP contribution >= 0.6 is 0 Å². The molecule has 1 aromatic heterocycles. The maximum absolute atomic E-state index is 12.1. The second-order valence-corrected chi connectivity index (χ2v) is 5.97. The van der Waals surface area contributed by atoms with E-state index < -0.39 is 17.4 Å². The van der Waals surface area contributed by atoms with Crippen molar-refractivity contribution in [3.8, 4) is 0 Å². The summed E-state index contributed by atoms with van der Waals surface area (Å²) in [5.74, 6) is -1.12. The van der Waals surface area contributed by atoms with Crippen LogP contribution in [0.1, 0.15) is 43.4 Å². The quantitative estimate of drug-likeness (QED) is 0.855. The minimum Gasteiger partial charge on any atom is -0.479 e. The van der Waals surface area contributed by atoms with E-state index >= 15 is 0 Å². The minimum atomic E-state index is -1.38. The zero-order chi connectivity index (χ0) is 15.0. The molecule has 0 bridgehead atoms. The Morgan fingerprint density at radius 2 is 2.15 bits per heavy atom. The highest BCUT2D eigenvalue weighted by Crippen LogP contribution is 2.24. The van der Waals surface area contributed by atoms with E-state index in [1.807, 2.05) is 20.8 Å². The van der Waals surface area contributed by atoms with E-state index in [-0.39, 0.29) is 24.1 Å². The summed E-state index contributed by atoms with van der Waals surface area (Å²) in [5, 5.41) is 15.4. The lowest BCUT2D eigenvalue weighted by molar-refractivity contribution is -0.144. The third kappa shape index (κ3) is 2.67. The first-order chi connectivity index (χ1) is 9.24. The average molecular weight is 282 g/mol. The van der Waals surface area contributed by atoms with E-state index in [4.69, 9.17) is 9.26 Å². The molecular weight excluding hydrogens is 264 g/mol. The SMILES string of the molecule is CC(C)(C)c1cc(C(=O)NC2(C(=O)O)CCOC2)no1. The van der Waals surface area contributed by atoms with Gasteiger partial charge in [-0.05, 0) is 0 Å². The number of carbonyl (C=O) groups is 2. The van der Waals surface area contributed by atoms with Gasteiger partial charge in [0.25, 0.3) is 5.91 Å². The number of nitrogens with zero attached hydrogens (tertiary/aromatic N) is 1. The Morgan fingerprint density at radius 1 is 1.45 bits per heavy atom. The van der Waals surface area contributed by atoms with Gasteiger partial charge in [0.05, 0.1) is 6.61 Å². The van der Waals surface area contributed by atoms with E-state index in [1.54, 1.807) is 0 Å². The van der Waals surface area contributed by atoms with Crippen molar-refractivity contribution in [2.24, 2.45) is 0 Å². The van der Waals surface area contributed by atoms with Crippen LogP contribution in [-0.2, 0) is 14.9 Å². The zero-order valence-corrected chi connectivity index (χ0v) is 11.7. The number of hydrogen-bond donors (Lipinski definition) is 2. The number of carboxylic acids is 1. The normalized spacial score (nSPS) is 22.8. The number of nitrogens with one attached hydrogen (secondary N) is 1. The number of aromatic nitrogens is 1. The highest BCUT2D eigenvalue weighted by molar-refractivity contribution is 5.96. The minimum absolute atomic E-state index is 0.0436. The van der Waals surface area contributed by atoms with Gasteiger partial charge in [-0.1, -0.05) is 25.9 Å². The summed E-state index contributed by atoms with van der Waals surface area (Å²) in [6, 6.07) is 1.53. The van der Waals surface area contributed by atoms with E-state index in [1.165, 1.54) is 6.07 Å². The molecule has 0 radical (unpaired) electrons. The van der Waals surface area contributed by atoms with Gasteiger partial charge in [0.1, 0.15) is 5.76 Å². The number of rotatable bonds is 3. The Balaban J connectivity index is 2.16. The average Bonchev–Trinajstić information content (AvgIpc) is 2.96. The molecule has 1 aliphatic rings. The van der Waals surface area contributed by atoms with Gasteiger partial charge in [0, 0.05) is 24.5 Å². The summed E-state index contributed by atoms with van der Waals surface area (Å²) in [7, 11) is 0. The van der Waals surface area contributed by atoms with Crippen LogP contribution < -0.4 is 5.32 Å². The molecule has 1 atom stereocenters. The molecule has 20 heavy (non-hydrogen) atoms.